The molecule has 0 unspecified atom stereocenters. The first-order valence-corrected chi connectivity index (χ1v) is 9.24. The van der Waals surface area contributed by atoms with Crippen molar-refractivity contribution >= 4 is 15.9 Å². The van der Waals surface area contributed by atoms with Gasteiger partial charge in [0.1, 0.15) is 0 Å². The Labute approximate surface area is 132 Å². The maximum Gasteiger partial charge on any atom is 0.235 e. The Morgan fingerprint density at radius 1 is 1.09 bits per heavy atom. The fraction of sp³-hybridized carbons (Fsp3) is 0.533. The second kappa shape index (κ2) is 8.87. The molecule has 0 aliphatic rings. The fourth-order valence-electron chi connectivity index (χ4n) is 1.93. The van der Waals surface area contributed by atoms with Crippen LogP contribution in [-0.4, -0.2) is 45.1 Å². The van der Waals surface area contributed by atoms with Gasteiger partial charge >= 0.3 is 0 Å². The molecular formula is C15H25N3O3S. The maximum atomic E-state index is 11.5. The van der Waals surface area contributed by atoms with Crippen LogP contribution in [0.25, 0.3) is 0 Å². The largest absolute Gasteiger partial charge is 0.351 e. The number of nitrogens with one attached hydrogen (secondary N) is 2. The van der Waals surface area contributed by atoms with Crippen LogP contribution in [-0.2, 0) is 27.9 Å². The van der Waals surface area contributed by atoms with Gasteiger partial charge in [0, 0.05) is 13.1 Å². The molecule has 0 atom stereocenters. The summed E-state index contributed by atoms with van der Waals surface area (Å²) in [6.45, 7) is 7.37. The Bertz CT molecular complexity index is 566. The molecule has 2 N–H and O–H groups in total. The normalized spacial score (nSPS) is 11.6. The minimum Gasteiger partial charge on any atom is -0.351 e. The summed E-state index contributed by atoms with van der Waals surface area (Å²) in [4.78, 5) is 13.8. The quantitative estimate of drug-likeness (QED) is 0.700. The lowest BCUT2D eigenvalue weighted by Gasteiger charge is -2.18. The highest BCUT2D eigenvalue weighted by Crippen LogP contribution is 2.07. The summed E-state index contributed by atoms with van der Waals surface area (Å²) in [5, 5.41) is 2.68. The number of rotatable bonds is 9. The number of amides is 1. The van der Waals surface area contributed by atoms with E-state index in [2.05, 4.69) is 40.9 Å². The van der Waals surface area contributed by atoms with Crippen LogP contribution in [0.5, 0.6) is 0 Å². The summed E-state index contributed by atoms with van der Waals surface area (Å²) in [7, 11) is -3.34. The molecule has 6 nitrogen and oxygen atoms in total. The third kappa shape index (κ3) is 7.53. The molecule has 0 aliphatic heterocycles. The number of sulfonamides is 1. The third-order valence-electron chi connectivity index (χ3n) is 3.31. The summed E-state index contributed by atoms with van der Waals surface area (Å²) in [5.41, 5.74) is 2.22. The van der Waals surface area contributed by atoms with Gasteiger partial charge in [-0.2, -0.15) is 0 Å². The molecule has 1 aromatic carbocycles. The lowest BCUT2D eigenvalue weighted by molar-refractivity contribution is -0.120. The Morgan fingerprint density at radius 3 is 2.14 bits per heavy atom. The average Bonchev–Trinajstić information content (AvgIpc) is 2.49. The minimum atomic E-state index is -3.34. The Morgan fingerprint density at radius 2 is 1.64 bits per heavy atom. The Balaban J connectivity index is 2.42. The lowest BCUT2D eigenvalue weighted by atomic mass is 10.1. The van der Waals surface area contributed by atoms with Crippen LogP contribution in [0.15, 0.2) is 24.3 Å². The van der Waals surface area contributed by atoms with Crippen molar-refractivity contribution in [1.82, 2.24) is 14.9 Å². The number of hydrogen-bond acceptors (Lipinski definition) is 4. The predicted octanol–water partition coefficient (Wildman–Crippen LogP) is 0.694. The molecule has 1 aromatic rings. The number of hydrogen-bond donors (Lipinski definition) is 2. The van der Waals surface area contributed by atoms with Crippen LogP contribution < -0.4 is 10.0 Å². The molecule has 0 saturated heterocycles. The number of nitrogens with zero attached hydrogens (tertiary/aromatic N) is 1. The van der Waals surface area contributed by atoms with Gasteiger partial charge < -0.3 is 5.32 Å². The number of carbonyl (C=O) groups excluding carboxylic acids is 1. The van der Waals surface area contributed by atoms with E-state index < -0.39 is 10.0 Å². The summed E-state index contributed by atoms with van der Waals surface area (Å²) in [5.74, 6) is -0.349. The van der Waals surface area contributed by atoms with Gasteiger partial charge in [0.2, 0.25) is 15.9 Å². The summed E-state index contributed by atoms with van der Waals surface area (Å²) in [6, 6.07) is 8.05. The second-order valence-electron chi connectivity index (χ2n) is 5.15. The monoisotopic (exact) mass is 327 g/mol. The van der Waals surface area contributed by atoms with E-state index >= 15 is 0 Å². The molecule has 0 aromatic heterocycles. The number of carbonyl (C=O) groups is 1. The van der Waals surface area contributed by atoms with Gasteiger partial charge in [-0.05, 0) is 24.2 Å². The topological polar surface area (TPSA) is 78.5 Å². The van der Waals surface area contributed by atoms with E-state index in [1.165, 1.54) is 5.56 Å². The first-order valence-electron chi connectivity index (χ1n) is 7.35. The van der Waals surface area contributed by atoms with E-state index in [1.807, 2.05) is 12.1 Å². The average molecular weight is 327 g/mol. The molecule has 0 fully saturated rings. The van der Waals surface area contributed by atoms with E-state index in [0.717, 1.165) is 31.5 Å². The van der Waals surface area contributed by atoms with E-state index in [9.17, 15) is 13.2 Å². The highest BCUT2D eigenvalue weighted by atomic mass is 32.2. The van der Waals surface area contributed by atoms with Crippen molar-refractivity contribution < 1.29 is 13.2 Å². The zero-order valence-electron chi connectivity index (χ0n) is 13.4. The molecule has 1 rings (SSSR count). The molecule has 124 valence electrons. The van der Waals surface area contributed by atoms with Crippen molar-refractivity contribution in [2.45, 2.75) is 26.9 Å². The smallest absolute Gasteiger partial charge is 0.235 e. The fourth-order valence-corrected chi connectivity index (χ4v) is 2.32. The van der Waals surface area contributed by atoms with Crippen LogP contribution in [0.3, 0.4) is 0 Å². The van der Waals surface area contributed by atoms with E-state index in [-0.39, 0.29) is 12.5 Å². The van der Waals surface area contributed by atoms with Gasteiger partial charge in [0.25, 0.3) is 0 Å². The lowest BCUT2D eigenvalue weighted by Crippen LogP contribution is -2.36. The molecular weight excluding hydrogens is 302 g/mol. The Kier molecular flexibility index (Phi) is 7.50. The van der Waals surface area contributed by atoms with E-state index in [1.54, 1.807) is 0 Å². The molecule has 0 spiro atoms. The molecule has 0 radical (unpaired) electrons. The molecule has 1 amide bonds. The van der Waals surface area contributed by atoms with Gasteiger partial charge in [0.15, 0.2) is 0 Å². The van der Waals surface area contributed by atoms with Crippen molar-refractivity contribution in [3.05, 3.63) is 35.4 Å². The SMILES string of the molecule is CCN(CC)Cc1ccc(CNC(=O)CNS(C)(=O)=O)cc1. The minimum absolute atomic E-state index is 0.237. The van der Waals surface area contributed by atoms with Gasteiger partial charge in [-0.15, -0.1) is 0 Å². The standard InChI is InChI=1S/C15H25N3O3S/c1-4-18(5-2)12-14-8-6-13(7-9-14)10-16-15(19)11-17-22(3,20)21/h6-9,17H,4-5,10-12H2,1-3H3,(H,16,19). The number of benzene rings is 1. The van der Waals surface area contributed by atoms with Crippen molar-refractivity contribution in [2.24, 2.45) is 0 Å². The van der Waals surface area contributed by atoms with Crippen molar-refractivity contribution in [2.75, 3.05) is 25.9 Å². The van der Waals surface area contributed by atoms with Gasteiger partial charge in [-0.1, -0.05) is 38.1 Å². The molecule has 22 heavy (non-hydrogen) atoms. The third-order valence-corrected chi connectivity index (χ3v) is 3.98. The van der Waals surface area contributed by atoms with Crippen molar-refractivity contribution in [3.8, 4) is 0 Å². The molecule has 0 aliphatic carbocycles. The van der Waals surface area contributed by atoms with Crippen LogP contribution in [0.4, 0.5) is 0 Å². The maximum absolute atomic E-state index is 11.5. The Hall–Kier alpha value is -1.44. The zero-order chi connectivity index (χ0) is 16.6. The van der Waals surface area contributed by atoms with Gasteiger partial charge in [-0.3, -0.25) is 9.69 Å². The molecule has 0 bridgehead atoms. The zero-order valence-corrected chi connectivity index (χ0v) is 14.2. The van der Waals surface area contributed by atoms with Crippen molar-refractivity contribution in [1.29, 1.82) is 0 Å². The van der Waals surface area contributed by atoms with Crippen LogP contribution in [0.1, 0.15) is 25.0 Å². The van der Waals surface area contributed by atoms with Crippen molar-refractivity contribution in [3.63, 3.8) is 0 Å². The van der Waals surface area contributed by atoms with Crippen LogP contribution in [0, 0.1) is 0 Å². The highest BCUT2D eigenvalue weighted by Gasteiger charge is 2.06. The molecule has 7 heteroatoms. The van der Waals surface area contributed by atoms with Gasteiger partial charge in [0.05, 0.1) is 12.8 Å². The predicted molar refractivity (Wildman–Crippen MR) is 87.8 cm³/mol. The van der Waals surface area contributed by atoms with Gasteiger partial charge in [-0.25, -0.2) is 13.1 Å². The molecule has 0 saturated carbocycles. The summed E-state index contributed by atoms with van der Waals surface area (Å²) in [6.07, 6.45) is 1.02. The summed E-state index contributed by atoms with van der Waals surface area (Å²) >= 11 is 0. The van der Waals surface area contributed by atoms with Crippen LogP contribution in [0.2, 0.25) is 0 Å². The van der Waals surface area contributed by atoms with E-state index in [0.29, 0.717) is 6.54 Å². The first-order chi connectivity index (χ1) is 10.3. The first kappa shape index (κ1) is 18.6. The second-order valence-corrected chi connectivity index (χ2v) is 6.98. The van der Waals surface area contributed by atoms with Crippen LogP contribution >= 0.6 is 0 Å². The molecule has 0 heterocycles. The van der Waals surface area contributed by atoms with E-state index in [4.69, 9.17) is 0 Å². The highest BCUT2D eigenvalue weighted by molar-refractivity contribution is 7.88. The summed E-state index contributed by atoms with van der Waals surface area (Å²) < 4.78 is 23.9.